The van der Waals surface area contributed by atoms with Crippen LogP contribution in [0, 0.1) is 0 Å². The summed E-state index contributed by atoms with van der Waals surface area (Å²) < 4.78 is 0. The van der Waals surface area contributed by atoms with Crippen LogP contribution in [0.25, 0.3) is 0 Å². The first-order valence-corrected chi connectivity index (χ1v) is 7.91. The quantitative estimate of drug-likeness (QED) is 0.885. The lowest BCUT2D eigenvalue weighted by molar-refractivity contribution is -0.118. The maximum Gasteiger partial charge on any atom is 0.251 e. The number of rotatable bonds is 2. The summed E-state index contributed by atoms with van der Waals surface area (Å²) >= 11 is 3.10. The minimum absolute atomic E-state index is 0.153. The number of hydrogen-bond donors (Lipinski definition) is 2. The van der Waals surface area contributed by atoms with Crippen LogP contribution in [0.3, 0.4) is 0 Å². The van der Waals surface area contributed by atoms with Crippen molar-refractivity contribution in [3.05, 3.63) is 55.9 Å². The Balaban J connectivity index is 2.03. The maximum absolute atomic E-state index is 12.3. The Kier molecular flexibility index (Phi) is 2.40. The monoisotopic (exact) mass is 302 g/mol. The highest BCUT2D eigenvalue weighted by Crippen LogP contribution is 2.46. The third-order valence-electron chi connectivity index (χ3n) is 3.69. The SMILES string of the molecule is O=C1NC(c2cccs2)(c2cccs2)C2=C1CNC2=O. The van der Waals surface area contributed by atoms with Crippen LogP contribution in [0.4, 0.5) is 0 Å². The summed E-state index contributed by atoms with van der Waals surface area (Å²) in [5, 5.41) is 9.74. The second kappa shape index (κ2) is 4.04. The van der Waals surface area contributed by atoms with Gasteiger partial charge in [0.15, 0.2) is 0 Å². The molecule has 2 aliphatic rings. The highest BCUT2D eigenvalue weighted by atomic mass is 32.1. The van der Waals surface area contributed by atoms with Gasteiger partial charge < -0.3 is 10.6 Å². The van der Waals surface area contributed by atoms with E-state index < -0.39 is 5.54 Å². The van der Waals surface area contributed by atoms with Crippen molar-refractivity contribution >= 4 is 34.5 Å². The molecule has 4 heterocycles. The van der Waals surface area contributed by atoms with Crippen LogP contribution >= 0.6 is 22.7 Å². The van der Waals surface area contributed by atoms with Gasteiger partial charge in [-0.25, -0.2) is 0 Å². The zero-order chi connectivity index (χ0) is 13.7. The molecule has 2 amide bonds. The molecule has 2 aromatic heterocycles. The summed E-state index contributed by atoms with van der Waals surface area (Å²) in [5.74, 6) is -0.305. The summed E-state index contributed by atoms with van der Waals surface area (Å²) in [6, 6.07) is 7.80. The summed E-state index contributed by atoms with van der Waals surface area (Å²) in [7, 11) is 0. The van der Waals surface area contributed by atoms with E-state index in [1.807, 2.05) is 35.0 Å². The van der Waals surface area contributed by atoms with Crippen LogP contribution in [0.2, 0.25) is 0 Å². The zero-order valence-electron chi connectivity index (χ0n) is 10.3. The molecule has 4 nitrogen and oxygen atoms in total. The van der Waals surface area contributed by atoms with Gasteiger partial charge in [0.25, 0.3) is 11.8 Å². The average Bonchev–Trinajstić information content (AvgIpc) is 3.17. The molecule has 0 aliphatic carbocycles. The number of amides is 2. The smallest absolute Gasteiger partial charge is 0.251 e. The molecule has 0 spiro atoms. The summed E-state index contributed by atoms with van der Waals surface area (Å²) in [6.45, 7) is 0.318. The lowest BCUT2D eigenvalue weighted by Crippen LogP contribution is -2.45. The number of carbonyl (C=O) groups excluding carboxylic acids is 2. The molecule has 0 bridgehead atoms. The van der Waals surface area contributed by atoms with Crippen LogP contribution in [0.15, 0.2) is 46.2 Å². The molecule has 0 atom stereocenters. The van der Waals surface area contributed by atoms with Crippen LogP contribution in [0.1, 0.15) is 9.75 Å². The fourth-order valence-corrected chi connectivity index (χ4v) is 4.72. The second-order valence-electron chi connectivity index (χ2n) is 4.69. The molecule has 0 aromatic carbocycles. The Hall–Kier alpha value is -1.92. The minimum atomic E-state index is -0.810. The minimum Gasteiger partial charge on any atom is -0.348 e. The lowest BCUT2D eigenvalue weighted by Gasteiger charge is -2.29. The van der Waals surface area contributed by atoms with Gasteiger partial charge in [-0.1, -0.05) is 12.1 Å². The van der Waals surface area contributed by atoms with Crippen molar-refractivity contribution in [1.29, 1.82) is 0 Å². The molecule has 2 aliphatic heterocycles. The largest absolute Gasteiger partial charge is 0.348 e. The number of nitrogens with one attached hydrogen (secondary N) is 2. The predicted octanol–water partition coefficient (Wildman–Crippen LogP) is 1.61. The van der Waals surface area contributed by atoms with Crippen molar-refractivity contribution in [1.82, 2.24) is 10.6 Å². The van der Waals surface area contributed by atoms with Crippen molar-refractivity contribution < 1.29 is 9.59 Å². The lowest BCUT2D eigenvalue weighted by atomic mass is 9.87. The van der Waals surface area contributed by atoms with Crippen molar-refractivity contribution in [2.75, 3.05) is 6.54 Å². The standard InChI is InChI=1S/C14H10N2O2S2/c17-12-8-7-15-13(18)11(8)14(16-12,9-3-1-5-19-9)10-4-2-6-20-10/h1-6H,7H2,(H,15,18)(H,16,17). The first kappa shape index (κ1) is 11.9. The van der Waals surface area contributed by atoms with E-state index in [1.165, 1.54) is 0 Å². The van der Waals surface area contributed by atoms with Crippen LogP contribution in [-0.4, -0.2) is 18.4 Å². The predicted molar refractivity (Wildman–Crippen MR) is 77.6 cm³/mol. The van der Waals surface area contributed by atoms with Crippen molar-refractivity contribution in [3.63, 3.8) is 0 Å². The molecule has 0 radical (unpaired) electrons. The Morgan fingerprint density at radius 1 is 1.00 bits per heavy atom. The van der Waals surface area contributed by atoms with Gasteiger partial charge in [0.05, 0.1) is 5.57 Å². The summed E-state index contributed by atoms with van der Waals surface area (Å²) in [4.78, 5) is 26.4. The first-order valence-electron chi connectivity index (χ1n) is 6.16. The third kappa shape index (κ3) is 1.35. The number of carbonyl (C=O) groups is 2. The normalized spacial score (nSPS) is 20.0. The zero-order valence-corrected chi connectivity index (χ0v) is 11.9. The Morgan fingerprint density at radius 3 is 2.20 bits per heavy atom. The van der Waals surface area contributed by atoms with E-state index >= 15 is 0 Å². The summed E-state index contributed by atoms with van der Waals surface area (Å²) in [5.41, 5.74) is 0.319. The molecular formula is C14H10N2O2S2. The van der Waals surface area contributed by atoms with Gasteiger partial charge in [0, 0.05) is 21.9 Å². The second-order valence-corrected chi connectivity index (χ2v) is 6.59. The van der Waals surface area contributed by atoms with Crippen molar-refractivity contribution in [3.8, 4) is 0 Å². The van der Waals surface area contributed by atoms with Crippen molar-refractivity contribution in [2.45, 2.75) is 5.54 Å². The molecule has 0 saturated carbocycles. The Labute approximate surface area is 123 Å². The van der Waals surface area contributed by atoms with Gasteiger partial charge >= 0.3 is 0 Å². The summed E-state index contributed by atoms with van der Waals surface area (Å²) in [6.07, 6.45) is 0. The maximum atomic E-state index is 12.3. The highest BCUT2D eigenvalue weighted by Gasteiger charge is 2.53. The van der Waals surface area contributed by atoms with Gasteiger partial charge in [-0.3, -0.25) is 9.59 Å². The van der Waals surface area contributed by atoms with Gasteiger partial charge in [0.2, 0.25) is 0 Å². The molecule has 4 rings (SSSR count). The first-order chi connectivity index (χ1) is 9.73. The molecular weight excluding hydrogens is 292 g/mol. The molecule has 0 saturated heterocycles. The molecule has 20 heavy (non-hydrogen) atoms. The van der Waals surface area contributed by atoms with Gasteiger partial charge in [-0.2, -0.15) is 0 Å². The van der Waals surface area contributed by atoms with E-state index in [0.29, 0.717) is 17.7 Å². The number of hydrogen-bond acceptors (Lipinski definition) is 4. The molecule has 100 valence electrons. The molecule has 0 fully saturated rings. The molecule has 2 N–H and O–H groups in total. The average molecular weight is 302 g/mol. The van der Waals surface area contributed by atoms with E-state index in [1.54, 1.807) is 22.7 Å². The third-order valence-corrected chi connectivity index (χ3v) is 5.67. The topological polar surface area (TPSA) is 58.2 Å². The van der Waals surface area contributed by atoms with E-state index in [0.717, 1.165) is 9.75 Å². The molecule has 6 heteroatoms. The molecule has 2 aromatic rings. The van der Waals surface area contributed by atoms with E-state index in [-0.39, 0.29) is 11.8 Å². The fraction of sp³-hybridized carbons (Fsp3) is 0.143. The van der Waals surface area contributed by atoms with Crippen LogP contribution in [-0.2, 0) is 15.1 Å². The Bertz CT molecular complexity index is 693. The van der Waals surface area contributed by atoms with Gasteiger partial charge in [0.1, 0.15) is 5.54 Å². The van der Waals surface area contributed by atoms with Crippen molar-refractivity contribution in [2.24, 2.45) is 0 Å². The van der Waals surface area contributed by atoms with E-state index in [2.05, 4.69) is 10.6 Å². The number of thiophene rings is 2. The van der Waals surface area contributed by atoms with Gasteiger partial charge in [-0.05, 0) is 22.9 Å². The van der Waals surface area contributed by atoms with E-state index in [9.17, 15) is 9.59 Å². The van der Waals surface area contributed by atoms with Gasteiger partial charge in [-0.15, -0.1) is 22.7 Å². The van der Waals surface area contributed by atoms with Crippen LogP contribution < -0.4 is 10.6 Å². The van der Waals surface area contributed by atoms with Crippen LogP contribution in [0.5, 0.6) is 0 Å². The van der Waals surface area contributed by atoms with E-state index in [4.69, 9.17) is 0 Å². The fourth-order valence-electron chi connectivity index (χ4n) is 2.86. The Morgan fingerprint density at radius 2 is 1.65 bits per heavy atom. The highest BCUT2D eigenvalue weighted by molar-refractivity contribution is 7.12. The molecule has 0 unspecified atom stereocenters.